The van der Waals surface area contributed by atoms with Crippen LogP contribution in [0.4, 0.5) is 0 Å². The molecule has 0 radical (unpaired) electrons. The van der Waals surface area contributed by atoms with Crippen molar-refractivity contribution >= 4 is 21.6 Å². The van der Waals surface area contributed by atoms with Gasteiger partial charge in [-0.1, -0.05) is 35.7 Å². The molecule has 4 rings (SSSR count). The number of benzene rings is 2. The van der Waals surface area contributed by atoms with Crippen molar-refractivity contribution in [1.82, 2.24) is 14.5 Å². The first kappa shape index (κ1) is 19.1. The molecule has 2 aromatic carbocycles. The van der Waals surface area contributed by atoms with Crippen molar-refractivity contribution in [2.24, 2.45) is 0 Å². The van der Waals surface area contributed by atoms with E-state index in [-0.39, 0.29) is 10.8 Å². The van der Waals surface area contributed by atoms with Gasteiger partial charge in [0.2, 0.25) is 21.8 Å². The Hall–Kier alpha value is -2.22. The number of piperidine rings is 1. The van der Waals surface area contributed by atoms with Gasteiger partial charge < -0.3 is 4.42 Å². The standard InChI is InChI=1S/C20H20ClN3O3S/c1-14-6-5-7-15(12-14)19-22-23-20(27-19)17-13-16(8-9-18(17)21)28(25,26)24-10-3-2-4-11-24/h5-9,12-13H,2-4,10-11H2,1H3. The molecule has 0 atom stereocenters. The van der Waals surface area contributed by atoms with E-state index in [9.17, 15) is 8.42 Å². The zero-order chi connectivity index (χ0) is 19.7. The molecule has 28 heavy (non-hydrogen) atoms. The summed E-state index contributed by atoms with van der Waals surface area (Å²) in [6, 6.07) is 12.3. The van der Waals surface area contributed by atoms with E-state index in [2.05, 4.69) is 10.2 Å². The third-order valence-corrected chi connectivity index (χ3v) is 7.04. The summed E-state index contributed by atoms with van der Waals surface area (Å²) >= 11 is 6.31. The average Bonchev–Trinajstić information content (AvgIpc) is 3.19. The lowest BCUT2D eigenvalue weighted by Gasteiger charge is -2.26. The molecular weight excluding hydrogens is 398 g/mol. The number of hydrogen-bond acceptors (Lipinski definition) is 5. The normalized spacial score (nSPS) is 15.6. The van der Waals surface area contributed by atoms with Crippen molar-refractivity contribution in [2.45, 2.75) is 31.1 Å². The zero-order valence-corrected chi connectivity index (χ0v) is 17.0. The van der Waals surface area contributed by atoms with Crippen molar-refractivity contribution < 1.29 is 12.8 Å². The fourth-order valence-electron chi connectivity index (χ4n) is 3.31. The smallest absolute Gasteiger partial charge is 0.249 e. The molecule has 0 unspecified atom stereocenters. The fourth-order valence-corrected chi connectivity index (χ4v) is 5.05. The third kappa shape index (κ3) is 3.70. The highest BCUT2D eigenvalue weighted by Crippen LogP contribution is 2.32. The Kier molecular flexibility index (Phi) is 5.23. The first-order valence-corrected chi connectivity index (χ1v) is 11.0. The molecule has 1 saturated heterocycles. The van der Waals surface area contributed by atoms with Gasteiger partial charge in [-0.15, -0.1) is 10.2 Å². The van der Waals surface area contributed by atoms with E-state index in [0.29, 0.717) is 29.6 Å². The summed E-state index contributed by atoms with van der Waals surface area (Å²) in [4.78, 5) is 0.184. The number of hydrogen-bond donors (Lipinski definition) is 0. The lowest BCUT2D eigenvalue weighted by Crippen LogP contribution is -2.35. The van der Waals surface area contributed by atoms with Gasteiger partial charge in [-0.2, -0.15) is 4.31 Å². The highest BCUT2D eigenvalue weighted by atomic mass is 35.5. The number of rotatable bonds is 4. The molecule has 1 aliphatic rings. The average molecular weight is 418 g/mol. The van der Waals surface area contributed by atoms with E-state index in [4.69, 9.17) is 16.0 Å². The predicted octanol–water partition coefficient (Wildman–Crippen LogP) is 4.54. The van der Waals surface area contributed by atoms with Gasteiger partial charge in [0, 0.05) is 18.7 Å². The van der Waals surface area contributed by atoms with E-state index in [1.165, 1.54) is 16.4 Å². The van der Waals surface area contributed by atoms with E-state index in [0.717, 1.165) is 30.4 Å². The number of halogens is 1. The van der Waals surface area contributed by atoms with E-state index in [1.807, 2.05) is 31.2 Å². The van der Waals surface area contributed by atoms with E-state index >= 15 is 0 Å². The van der Waals surface area contributed by atoms with Crippen LogP contribution in [0.3, 0.4) is 0 Å². The van der Waals surface area contributed by atoms with Crippen LogP contribution in [0.15, 0.2) is 51.8 Å². The minimum absolute atomic E-state index is 0.184. The Labute approximate surface area is 169 Å². The van der Waals surface area contributed by atoms with Crippen molar-refractivity contribution in [1.29, 1.82) is 0 Å². The van der Waals surface area contributed by atoms with Gasteiger partial charge in [0.1, 0.15) is 0 Å². The fraction of sp³-hybridized carbons (Fsp3) is 0.300. The Morgan fingerprint density at radius 2 is 1.75 bits per heavy atom. The molecule has 2 heterocycles. The van der Waals surface area contributed by atoms with Crippen LogP contribution in [0.2, 0.25) is 5.02 Å². The van der Waals surface area contributed by atoms with Crippen LogP contribution in [0.5, 0.6) is 0 Å². The summed E-state index contributed by atoms with van der Waals surface area (Å²) in [7, 11) is -3.58. The van der Waals surface area contributed by atoms with Gasteiger partial charge in [-0.3, -0.25) is 0 Å². The summed E-state index contributed by atoms with van der Waals surface area (Å²) in [5.41, 5.74) is 2.28. The lowest BCUT2D eigenvalue weighted by molar-refractivity contribution is 0.346. The van der Waals surface area contributed by atoms with Crippen LogP contribution in [0, 0.1) is 6.92 Å². The molecule has 0 saturated carbocycles. The molecule has 146 valence electrons. The van der Waals surface area contributed by atoms with Crippen LogP contribution in [-0.2, 0) is 10.0 Å². The largest absolute Gasteiger partial charge is 0.416 e. The molecule has 1 aliphatic heterocycles. The Morgan fingerprint density at radius 3 is 2.50 bits per heavy atom. The van der Waals surface area contributed by atoms with Gasteiger partial charge >= 0.3 is 0 Å². The van der Waals surface area contributed by atoms with Gasteiger partial charge in [0.25, 0.3) is 0 Å². The Bertz CT molecular complexity index is 1110. The van der Waals surface area contributed by atoms with Crippen LogP contribution in [0.25, 0.3) is 22.9 Å². The van der Waals surface area contributed by atoms with E-state index in [1.54, 1.807) is 6.07 Å². The number of nitrogens with zero attached hydrogens (tertiary/aromatic N) is 3. The molecule has 0 bridgehead atoms. The highest BCUT2D eigenvalue weighted by Gasteiger charge is 2.27. The highest BCUT2D eigenvalue weighted by molar-refractivity contribution is 7.89. The van der Waals surface area contributed by atoms with Crippen LogP contribution < -0.4 is 0 Å². The van der Waals surface area contributed by atoms with Gasteiger partial charge in [-0.25, -0.2) is 8.42 Å². The number of sulfonamides is 1. The molecule has 8 heteroatoms. The quantitative estimate of drug-likeness (QED) is 0.622. The monoisotopic (exact) mass is 417 g/mol. The van der Waals surface area contributed by atoms with Crippen LogP contribution >= 0.6 is 11.6 Å². The van der Waals surface area contributed by atoms with Crippen molar-refractivity contribution in [2.75, 3.05) is 13.1 Å². The maximum Gasteiger partial charge on any atom is 0.249 e. The maximum absolute atomic E-state index is 13.0. The van der Waals surface area contributed by atoms with Crippen molar-refractivity contribution in [3.63, 3.8) is 0 Å². The lowest BCUT2D eigenvalue weighted by atomic mass is 10.1. The summed E-state index contributed by atoms with van der Waals surface area (Å²) < 4.78 is 33.2. The van der Waals surface area contributed by atoms with E-state index < -0.39 is 10.0 Å². The third-order valence-electron chi connectivity index (χ3n) is 4.81. The molecule has 0 aliphatic carbocycles. The maximum atomic E-state index is 13.0. The minimum atomic E-state index is -3.58. The first-order valence-electron chi connectivity index (χ1n) is 9.16. The number of aromatic nitrogens is 2. The summed E-state index contributed by atoms with van der Waals surface area (Å²) in [5.74, 6) is 0.552. The molecule has 0 N–H and O–H groups in total. The molecule has 0 spiro atoms. The summed E-state index contributed by atoms with van der Waals surface area (Å²) in [6.45, 7) is 3.06. The second-order valence-electron chi connectivity index (χ2n) is 6.89. The van der Waals surface area contributed by atoms with Crippen LogP contribution in [-0.4, -0.2) is 36.0 Å². The molecular formula is C20H20ClN3O3S. The topological polar surface area (TPSA) is 76.3 Å². The predicted molar refractivity (Wildman–Crippen MR) is 108 cm³/mol. The summed E-state index contributed by atoms with van der Waals surface area (Å²) in [5, 5.41) is 8.53. The molecule has 6 nitrogen and oxygen atoms in total. The van der Waals surface area contributed by atoms with Crippen molar-refractivity contribution in [3.8, 4) is 22.9 Å². The van der Waals surface area contributed by atoms with Gasteiger partial charge in [0.05, 0.1) is 15.5 Å². The Balaban J connectivity index is 1.70. The van der Waals surface area contributed by atoms with Crippen LogP contribution in [0.1, 0.15) is 24.8 Å². The molecule has 1 aromatic heterocycles. The number of aryl methyl sites for hydroxylation is 1. The Morgan fingerprint density at radius 1 is 1.00 bits per heavy atom. The molecule has 1 fully saturated rings. The first-order chi connectivity index (χ1) is 13.4. The van der Waals surface area contributed by atoms with Gasteiger partial charge in [-0.05, 0) is 50.1 Å². The van der Waals surface area contributed by atoms with Crippen molar-refractivity contribution in [3.05, 3.63) is 53.1 Å². The second kappa shape index (κ2) is 7.66. The second-order valence-corrected chi connectivity index (χ2v) is 9.23. The molecule has 0 amide bonds. The van der Waals surface area contributed by atoms with Gasteiger partial charge in [0.15, 0.2) is 0 Å². The minimum Gasteiger partial charge on any atom is -0.416 e. The zero-order valence-electron chi connectivity index (χ0n) is 15.4. The SMILES string of the molecule is Cc1cccc(-c2nnc(-c3cc(S(=O)(=O)N4CCCCC4)ccc3Cl)o2)c1. The summed E-state index contributed by atoms with van der Waals surface area (Å²) in [6.07, 6.45) is 2.81. The molecule has 3 aromatic rings.